The van der Waals surface area contributed by atoms with E-state index in [1.54, 1.807) is 24.2 Å². The van der Waals surface area contributed by atoms with Crippen LogP contribution in [0.1, 0.15) is 10.5 Å². The summed E-state index contributed by atoms with van der Waals surface area (Å²) >= 11 is 5.75. The lowest BCUT2D eigenvalue weighted by Gasteiger charge is -2.16. The maximum absolute atomic E-state index is 12.0. The van der Waals surface area contributed by atoms with Crippen LogP contribution in [0.4, 0.5) is 5.69 Å². The van der Waals surface area contributed by atoms with E-state index in [2.05, 4.69) is 4.98 Å². The Morgan fingerprint density at radius 2 is 2.00 bits per heavy atom. The molecule has 0 unspecified atom stereocenters. The van der Waals surface area contributed by atoms with Crippen molar-refractivity contribution in [1.29, 1.82) is 0 Å². The molecule has 1 aromatic carbocycles. The minimum absolute atomic E-state index is 0.113. The molecule has 2 aromatic rings. The molecule has 82 valence electrons. The summed E-state index contributed by atoms with van der Waals surface area (Å²) in [7, 11) is 1.73. The number of hydrogen-bond donors (Lipinski definition) is 1. The number of para-hydroxylation sites is 1. The van der Waals surface area contributed by atoms with E-state index in [9.17, 15) is 4.79 Å². The number of rotatable bonds is 2. The number of aromatic nitrogens is 1. The molecule has 4 heteroatoms. The van der Waals surface area contributed by atoms with Crippen molar-refractivity contribution in [1.82, 2.24) is 4.98 Å². The number of anilines is 1. The molecule has 0 spiro atoms. The van der Waals surface area contributed by atoms with Crippen LogP contribution >= 0.6 is 11.6 Å². The van der Waals surface area contributed by atoms with Gasteiger partial charge in [0.25, 0.3) is 5.91 Å². The van der Waals surface area contributed by atoms with Crippen LogP contribution in [0.2, 0.25) is 5.02 Å². The van der Waals surface area contributed by atoms with E-state index in [1.807, 2.05) is 30.3 Å². The number of halogens is 1. The lowest BCUT2D eigenvalue weighted by atomic mass is 10.3. The smallest absolute Gasteiger partial charge is 0.274 e. The number of carbonyl (C=O) groups excluding carboxylic acids is 1. The standard InChI is InChI=1S/C12H11ClN2O/c1-15(10-5-3-2-4-6-10)12(16)11-7-9(13)8-14-11/h2-8,14H,1H3. The summed E-state index contributed by atoms with van der Waals surface area (Å²) < 4.78 is 0. The summed E-state index contributed by atoms with van der Waals surface area (Å²) in [5.41, 5.74) is 1.33. The second kappa shape index (κ2) is 4.41. The first-order valence-corrected chi connectivity index (χ1v) is 5.23. The maximum Gasteiger partial charge on any atom is 0.274 e. The van der Waals surface area contributed by atoms with E-state index in [0.717, 1.165) is 5.69 Å². The third-order valence-electron chi connectivity index (χ3n) is 2.33. The zero-order chi connectivity index (χ0) is 11.5. The Bertz CT molecular complexity index is 493. The van der Waals surface area contributed by atoms with Gasteiger partial charge < -0.3 is 9.88 Å². The van der Waals surface area contributed by atoms with Crippen molar-refractivity contribution in [2.75, 3.05) is 11.9 Å². The highest BCUT2D eigenvalue weighted by Gasteiger charge is 2.14. The molecule has 0 aliphatic carbocycles. The van der Waals surface area contributed by atoms with Crippen LogP contribution in [0, 0.1) is 0 Å². The molecule has 0 bridgehead atoms. The van der Waals surface area contributed by atoms with Gasteiger partial charge in [0, 0.05) is 18.9 Å². The number of benzene rings is 1. The highest BCUT2D eigenvalue weighted by Crippen LogP contribution is 2.16. The SMILES string of the molecule is CN(C(=O)c1cc(Cl)c[nH]1)c1ccccc1. The molecule has 16 heavy (non-hydrogen) atoms. The van der Waals surface area contributed by atoms with Gasteiger partial charge in [0.2, 0.25) is 0 Å². The predicted octanol–water partition coefficient (Wildman–Crippen LogP) is 2.94. The fourth-order valence-electron chi connectivity index (χ4n) is 1.44. The monoisotopic (exact) mass is 234 g/mol. The number of amides is 1. The number of nitrogens with zero attached hydrogens (tertiary/aromatic N) is 1. The molecule has 1 heterocycles. The molecule has 0 saturated carbocycles. The summed E-state index contributed by atoms with van der Waals surface area (Å²) in [4.78, 5) is 16.4. The quantitative estimate of drug-likeness (QED) is 0.852. The van der Waals surface area contributed by atoms with Crippen LogP contribution in [0.15, 0.2) is 42.6 Å². The van der Waals surface area contributed by atoms with Gasteiger partial charge in [0.1, 0.15) is 5.69 Å². The molecule has 0 atom stereocenters. The van der Waals surface area contributed by atoms with E-state index in [0.29, 0.717) is 10.7 Å². The molecule has 0 aliphatic heterocycles. The van der Waals surface area contributed by atoms with Gasteiger partial charge in [-0.3, -0.25) is 4.79 Å². The van der Waals surface area contributed by atoms with E-state index >= 15 is 0 Å². The summed E-state index contributed by atoms with van der Waals surface area (Å²) in [6.07, 6.45) is 1.59. The summed E-state index contributed by atoms with van der Waals surface area (Å²) in [5.74, 6) is -0.113. The zero-order valence-electron chi connectivity index (χ0n) is 8.77. The van der Waals surface area contributed by atoms with E-state index < -0.39 is 0 Å². The molecule has 1 amide bonds. The van der Waals surface area contributed by atoms with Gasteiger partial charge in [-0.2, -0.15) is 0 Å². The minimum Gasteiger partial charge on any atom is -0.356 e. The van der Waals surface area contributed by atoms with Crippen molar-refractivity contribution in [3.05, 3.63) is 53.3 Å². The first-order valence-electron chi connectivity index (χ1n) is 4.85. The van der Waals surface area contributed by atoms with Crippen molar-refractivity contribution < 1.29 is 4.79 Å². The first kappa shape index (κ1) is 10.8. The van der Waals surface area contributed by atoms with Crippen LogP contribution in [0.5, 0.6) is 0 Å². The molecule has 1 aromatic heterocycles. The van der Waals surface area contributed by atoms with Gasteiger partial charge in [0.15, 0.2) is 0 Å². The second-order valence-corrected chi connectivity index (χ2v) is 3.87. The highest BCUT2D eigenvalue weighted by atomic mass is 35.5. The number of hydrogen-bond acceptors (Lipinski definition) is 1. The summed E-state index contributed by atoms with van der Waals surface area (Å²) in [5, 5.41) is 0.532. The van der Waals surface area contributed by atoms with Crippen LogP contribution in [-0.4, -0.2) is 17.9 Å². The highest BCUT2D eigenvalue weighted by molar-refractivity contribution is 6.31. The average molecular weight is 235 g/mol. The molecule has 0 aliphatic rings. The molecule has 1 N–H and O–H groups in total. The van der Waals surface area contributed by atoms with Gasteiger partial charge >= 0.3 is 0 Å². The van der Waals surface area contributed by atoms with Crippen LogP contribution in [0.25, 0.3) is 0 Å². The topological polar surface area (TPSA) is 36.1 Å². The number of carbonyl (C=O) groups is 1. The van der Waals surface area contributed by atoms with Crippen molar-refractivity contribution in [3.63, 3.8) is 0 Å². The predicted molar refractivity (Wildman–Crippen MR) is 65.0 cm³/mol. The molecule has 0 fully saturated rings. The maximum atomic E-state index is 12.0. The lowest BCUT2D eigenvalue weighted by molar-refractivity contribution is 0.0989. The Kier molecular flexibility index (Phi) is 2.97. The average Bonchev–Trinajstić information content (AvgIpc) is 2.75. The first-order chi connectivity index (χ1) is 7.68. The van der Waals surface area contributed by atoms with E-state index in [-0.39, 0.29) is 5.91 Å². The van der Waals surface area contributed by atoms with Crippen LogP contribution in [0.3, 0.4) is 0 Å². The molecule has 0 radical (unpaired) electrons. The van der Waals surface area contributed by atoms with Gasteiger partial charge in [0.05, 0.1) is 5.02 Å². The Labute approximate surface area is 98.7 Å². The fourth-order valence-corrected chi connectivity index (χ4v) is 1.60. The van der Waals surface area contributed by atoms with Crippen molar-refractivity contribution in [3.8, 4) is 0 Å². The Morgan fingerprint density at radius 3 is 2.56 bits per heavy atom. The third-order valence-corrected chi connectivity index (χ3v) is 2.54. The normalized spacial score (nSPS) is 10.1. The van der Waals surface area contributed by atoms with Crippen LogP contribution < -0.4 is 4.90 Å². The summed E-state index contributed by atoms with van der Waals surface area (Å²) in [6.45, 7) is 0. The number of nitrogens with one attached hydrogen (secondary N) is 1. The fraction of sp³-hybridized carbons (Fsp3) is 0.0833. The lowest BCUT2D eigenvalue weighted by Crippen LogP contribution is -2.26. The van der Waals surface area contributed by atoms with E-state index in [4.69, 9.17) is 11.6 Å². The van der Waals surface area contributed by atoms with Crippen molar-refractivity contribution in [2.45, 2.75) is 0 Å². The number of H-pyrrole nitrogens is 1. The molecule has 2 rings (SSSR count). The molecular weight excluding hydrogens is 224 g/mol. The van der Waals surface area contributed by atoms with Gasteiger partial charge in [-0.05, 0) is 18.2 Å². The van der Waals surface area contributed by atoms with Crippen molar-refractivity contribution >= 4 is 23.2 Å². The molecule has 3 nitrogen and oxygen atoms in total. The molecular formula is C12H11ClN2O. The number of aromatic amines is 1. The summed E-state index contributed by atoms with van der Waals surface area (Å²) in [6, 6.07) is 11.1. The third kappa shape index (κ3) is 2.09. The van der Waals surface area contributed by atoms with Crippen molar-refractivity contribution in [2.24, 2.45) is 0 Å². The largest absolute Gasteiger partial charge is 0.356 e. The molecule has 0 saturated heterocycles. The minimum atomic E-state index is -0.113. The Balaban J connectivity index is 2.23. The van der Waals surface area contributed by atoms with E-state index in [1.165, 1.54) is 0 Å². The van der Waals surface area contributed by atoms with Gasteiger partial charge in [-0.1, -0.05) is 29.8 Å². The van der Waals surface area contributed by atoms with Crippen LogP contribution in [-0.2, 0) is 0 Å². The second-order valence-electron chi connectivity index (χ2n) is 3.43. The van der Waals surface area contributed by atoms with Gasteiger partial charge in [-0.15, -0.1) is 0 Å². The Hall–Kier alpha value is -1.74. The Morgan fingerprint density at radius 1 is 1.31 bits per heavy atom. The zero-order valence-corrected chi connectivity index (χ0v) is 9.53. The van der Waals surface area contributed by atoms with Gasteiger partial charge in [-0.25, -0.2) is 0 Å².